The van der Waals surface area contributed by atoms with E-state index >= 15 is 0 Å². The highest BCUT2D eigenvalue weighted by Gasteiger charge is 2.21. The second kappa shape index (κ2) is 8.72. The number of methoxy groups -OCH3 is 2. The molecule has 0 atom stereocenters. The standard InChI is InChI=1S/C20H32N2O2/c1-23-19-13-18(16-22-11-7-4-8-12-22)20(24-2)14-17(19)15-21-9-5-3-6-10-21/h13-14H,3-12,15-16H2,1-2H3/p+2. The van der Waals surface area contributed by atoms with Crippen molar-refractivity contribution in [3.63, 3.8) is 0 Å². The van der Waals surface area contributed by atoms with Crippen LogP contribution in [0.1, 0.15) is 49.7 Å². The summed E-state index contributed by atoms with van der Waals surface area (Å²) in [4.78, 5) is 3.35. The van der Waals surface area contributed by atoms with Gasteiger partial charge in [-0.15, -0.1) is 0 Å². The number of quaternary nitrogens is 2. The molecule has 2 aliphatic heterocycles. The summed E-state index contributed by atoms with van der Waals surface area (Å²) in [7, 11) is 3.60. The maximum absolute atomic E-state index is 5.74. The molecule has 2 fully saturated rings. The third kappa shape index (κ3) is 4.42. The van der Waals surface area contributed by atoms with Gasteiger partial charge in [-0.25, -0.2) is 0 Å². The van der Waals surface area contributed by atoms with Gasteiger partial charge in [-0.2, -0.15) is 0 Å². The van der Waals surface area contributed by atoms with Crippen molar-refractivity contribution in [2.24, 2.45) is 0 Å². The molecular weight excluding hydrogens is 300 g/mol. The third-order valence-electron chi connectivity index (χ3n) is 5.69. The molecule has 0 amide bonds. The first-order valence-corrected chi connectivity index (χ1v) is 9.71. The summed E-state index contributed by atoms with van der Waals surface area (Å²) in [5.74, 6) is 2.08. The van der Waals surface area contributed by atoms with Crippen LogP contribution in [0.5, 0.6) is 11.5 Å². The molecule has 1 aromatic rings. The lowest BCUT2D eigenvalue weighted by Crippen LogP contribution is -3.11. The Balaban J connectivity index is 1.76. The predicted octanol–water partition coefficient (Wildman–Crippen LogP) is 0.841. The van der Waals surface area contributed by atoms with Crippen molar-refractivity contribution >= 4 is 0 Å². The molecule has 24 heavy (non-hydrogen) atoms. The quantitative estimate of drug-likeness (QED) is 0.807. The van der Waals surface area contributed by atoms with Gasteiger partial charge in [-0.1, -0.05) is 0 Å². The Hall–Kier alpha value is -1.26. The van der Waals surface area contributed by atoms with E-state index in [-0.39, 0.29) is 0 Å². The molecule has 0 saturated carbocycles. The number of hydrogen-bond donors (Lipinski definition) is 2. The van der Waals surface area contributed by atoms with E-state index in [2.05, 4.69) is 12.1 Å². The summed E-state index contributed by atoms with van der Waals surface area (Å²) in [6.45, 7) is 7.24. The van der Waals surface area contributed by atoms with Crippen LogP contribution in [0.25, 0.3) is 0 Å². The van der Waals surface area contributed by atoms with Crippen LogP contribution >= 0.6 is 0 Å². The lowest BCUT2D eigenvalue weighted by molar-refractivity contribution is -0.918. The zero-order chi connectivity index (χ0) is 16.8. The first-order chi connectivity index (χ1) is 11.8. The van der Waals surface area contributed by atoms with E-state index in [0.717, 1.165) is 24.6 Å². The molecule has 0 radical (unpaired) electrons. The molecular formula is C20H34N2O2+2. The Morgan fingerprint density at radius 3 is 1.38 bits per heavy atom. The van der Waals surface area contributed by atoms with E-state index in [9.17, 15) is 0 Å². The van der Waals surface area contributed by atoms with E-state index in [1.54, 1.807) is 24.0 Å². The molecule has 0 bridgehead atoms. The van der Waals surface area contributed by atoms with Gasteiger partial charge >= 0.3 is 0 Å². The number of ether oxygens (including phenoxy) is 2. The zero-order valence-corrected chi connectivity index (χ0v) is 15.5. The van der Waals surface area contributed by atoms with E-state index in [1.807, 2.05) is 0 Å². The van der Waals surface area contributed by atoms with E-state index in [1.165, 1.54) is 75.8 Å². The molecule has 2 aliphatic rings. The van der Waals surface area contributed by atoms with Crippen LogP contribution in [-0.4, -0.2) is 40.4 Å². The number of benzene rings is 1. The molecule has 2 saturated heterocycles. The van der Waals surface area contributed by atoms with Gasteiger partial charge in [0.15, 0.2) is 0 Å². The number of likely N-dealkylation sites (tertiary alicyclic amines) is 2. The van der Waals surface area contributed by atoms with Gasteiger partial charge in [0.25, 0.3) is 0 Å². The zero-order valence-electron chi connectivity index (χ0n) is 15.5. The molecule has 0 unspecified atom stereocenters. The highest BCUT2D eigenvalue weighted by atomic mass is 16.5. The number of hydrogen-bond acceptors (Lipinski definition) is 2. The Morgan fingerprint density at radius 1 is 0.667 bits per heavy atom. The van der Waals surface area contributed by atoms with Gasteiger partial charge in [0.2, 0.25) is 0 Å². The largest absolute Gasteiger partial charge is 0.496 e. The summed E-state index contributed by atoms with van der Waals surface area (Å²) in [5.41, 5.74) is 2.59. The summed E-state index contributed by atoms with van der Waals surface area (Å²) in [6, 6.07) is 4.47. The summed E-state index contributed by atoms with van der Waals surface area (Å²) in [6.07, 6.45) is 8.19. The van der Waals surface area contributed by atoms with Gasteiger partial charge in [-0.05, 0) is 50.7 Å². The van der Waals surface area contributed by atoms with Gasteiger partial charge in [0.05, 0.1) is 51.5 Å². The van der Waals surface area contributed by atoms with Crippen molar-refractivity contribution in [1.82, 2.24) is 0 Å². The average molecular weight is 335 g/mol. The molecule has 2 heterocycles. The Morgan fingerprint density at radius 2 is 1.04 bits per heavy atom. The van der Waals surface area contributed by atoms with Crippen LogP contribution in [0.4, 0.5) is 0 Å². The lowest BCUT2D eigenvalue weighted by atomic mass is 10.0. The molecule has 1 aromatic carbocycles. The minimum absolute atomic E-state index is 1.04. The van der Waals surface area contributed by atoms with Gasteiger partial charge in [-0.3, -0.25) is 0 Å². The second-order valence-corrected chi connectivity index (χ2v) is 7.45. The molecule has 2 N–H and O–H groups in total. The van der Waals surface area contributed by atoms with Crippen LogP contribution < -0.4 is 19.3 Å². The van der Waals surface area contributed by atoms with E-state index in [4.69, 9.17) is 9.47 Å². The van der Waals surface area contributed by atoms with Gasteiger partial charge in [0.1, 0.15) is 24.6 Å². The van der Waals surface area contributed by atoms with E-state index < -0.39 is 0 Å². The molecule has 4 nitrogen and oxygen atoms in total. The van der Waals surface area contributed by atoms with Crippen LogP contribution in [-0.2, 0) is 13.1 Å². The Labute approximate surface area is 146 Å². The summed E-state index contributed by atoms with van der Waals surface area (Å²) in [5, 5.41) is 0. The first-order valence-electron chi connectivity index (χ1n) is 9.71. The van der Waals surface area contributed by atoms with Crippen LogP contribution in [0.3, 0.4) is 0 Å². The Kier molecular flexibility index (Phi) is 6.38. The monoisotopic (exact) mass is 334 g/mol. The molecule has 3 rings (SSSR count). The minimum atomic E-state index is 1.04. The van der Waals surface area contributed by atoms with Crippen LogP contribution in [0.15, 0.2) is 12.1 Å². The van der Waals surface area contributed by atoms with Crippen LogP contribution in [0, 0.1) is 0 Å². The molecule has 0 aromatic heterocycles. The molecule has 134 valence electrons. The fraction of sp³-hybridized carbons (Fsp3) is 0.700. The highest BCUT2D eigenvalue weighted by Crippen LogP contribution is 2.28. The SMILES string of the molecule is COc1cc(C[NH+]2CCCCC2)c(OC)cc1C[NH+]1CCCCC1. The summed E-state index contributed by atoms with van der Waals surface area (Å²) < 4.78 is 11.5. The van der Waals surface area contributed by atoms with Crippen molar-refractivity contribution in [3.05, 3.63) is 23.3 Å². The first kappa shape index (κ1) is 17.6. The van der Waals surface area contributed by atoms with Crippen LogP contribution in [0.2, 0.25) is 0 Å². The van der Waals surface area contributed by atoms with E-state index in [0.29, 0.717) is 0 Å². The van der Waals surface area contributed by atoms with Crippen molar-refractivity contribution in [2.45, 2.75) is 51.6 Å². The topological polar surface area (TPSA) is 27.3 Å². The maximum Gasteiger partial charge on any atom is 0.128 e. The fourth-order valence-electron chi connectivity index (χ4n) is 4.30. The number of rotatable bonds is 6. The van der Waals surface area contributed by atoms with Gasteiger partial charge < -0.3 is 19.3 Å². The smallest absolute Gasteiger partial charge is 0.128 e. The molecule has 4 heteroatoms. The van der Waals surface area contributed by atoms with Crippen molar-refractivity contribution in [2.75, 3.05) is 40.4 Å². The van der Waals surface area contributed by atoms with Crippen molar-refractivity contribution < 1.29 is 19.3 Å². The maximum atomic E-state index is 5.74. The number of piperidine rings is 2. The Bertz CT molecular complexity index is 473. The van der Waals surface area contributed by atoms with Crippen molar-refractivity contribution in [3.8, 4) is 11.5 Å². The average Bonchev–Trinajstić information content (AvgIpc) is 2.64. The molecule has 0 aliphatic carbocycles. The van der Waals surface area contributed by atoms with Gasteiger partial charge in [0, 0.05) is 0 Å². The number of nitrogens with one attached hydrogen (secondary N) is 2. The predicted molar refractivity (Wildman–Crippen MR) is 96.0 cm³/mol. The minimum Gasteiger partial charge on any atom is -0.496 e. The summed E-state index contributed by atoms with van der Waals surface area (Å²) >= 11 is 0. The lowest BCUT2D eigenvalue weighted by Gasteiger charge is -2.26. The third-order valence-corrected chi connectivity index (χ3v) is 5.69. The normalized spacial score (nSPS) is 20.1. The highest BCUT2D eigenvalue weighted by molar-refractivity contribution is 5.46. The second-order valence-electron chi connectivity index (χ2n) is 7.45. The fourth-order valence-corrected chi connectivity index (χ4v) is 4.30. The van der Waals surface area contributed by atoms with Crippen molar-refractivity contribution in [1.29, 1.82) is 0 Å². The molecule has 0 spiro atoms.